The Morgan fingerprint density at radius 2 is 2.00 bits per heavy atom. The van der Waals surface area contributed by atoms with Gasteiger partial charge in [-0.2, -0.15) is 0 Å². The fourth-order valence-corrected chi connectivity index (χ4v) is 0.346. The Morgan fingerprint density at radius 1 is 1.80 bits per heavy atom. The first kappa shape index (κ1) is 2.95. The molecule has 0 saturated carbocycles. The fraction of sp³-hybridized carbons (Fsp3) is 0.600. The molecule has 0 heteroatoms. The Hall–Kier alpha value is -0.260. The summed E-state index contributed by atoms with van der Waals surface area (Å²) in [5.74, 6) is 0.843. The van der Waals surface area contributed by atoms with Crippen molar-refractivity contribution in [3.8, 4) is 0 Å². The number of hydrogen-bond donors (Lipinski definition) is 0. The molecule has 1 atom stereocenters. The molecule has 0 aromatic rings. The smallest absolute Gasteiger partial charge is 0.00514 e. The SMILES string of the molecule is CC1=C[C@H]1C. The van der Waals surface area contributed by atoms with Gasteiger partial charge < -0.3 is 0 Å². The molecule has 0 amide bonds. The summed E-state index contributed by atoms with van der Waals surface area (Å²) < 4.78 is 0. The summed E-state index contributed by atoms with van der Waals surface area (Å²) in [7, 11) is 0. The minimum absolute atomic E-state index is 0.843. The predicted octanol–water partition coefficient (Wildman–Crippen LogP) is 1.58. The molecule has 0 saturated heterocycles. The van der Waals surface area contributed by atoms with Crippen LogP contribution in [0.4, 0.5) is 0 Å². The number of hydrogen-bond acceptors (Lipinski definition) is 0. The van der Waals surface area contributed by atoms with Crippen LogP contribution >= 0.6 is 0 Å². The van der Waals surface area contributed by atoms with E-state index in [1.807, 2.05) is 0 Å². The zero-order chi connectivity index (χ0) is 3.86. The summed E-state index contributed by atoms with van der Waals surface area (Å²) in [6.45, 7) is 4.36. The minimum Gasteiger partial charge on any atom is -0.0781 e. The van der Waals surface area contributed by atoms with E-state index in [9.17, 15) is 0 Å². The van der Waals surface area contributed by atoms with Crippen molar-refractivity contribution < 1.29 is 0 Å². The van der Waals surface area contributed by atoms with Gasteiger partial charge in [-0.25, -0.2) is 0 Å². The van der Waals surface area contributed by atoms with E-state index < -0.39 is 0 Å². The molecule has 28 valence electrons. The first-order valence-electron chi connectivity index (χ1n) is 1.99. The second-order valence-corrected chi connectivity index (χ2v) is 1.70. The molecular weight excluding hydrogens is 60.1 g/mol. The van der Waals surface area contributed by atoms with E-state index in [1.54, 1.807) is 5.57 Å². The monoisotopic (exact) mass is 68.1 g/mol. The molecule has 0 fully saturated rings. The molecule has 0 N–H and O–H groups in total. The van der Waals surface area contributed by atoms with E-state index in [0.717, 1.165) is 5.92 Å². The summed E-state index contributed by atoms with van der Waals surface area (Å²) in [6.07, 6.45) is 2.25. The van der Waals surface area contributed by atoms with Crippen LogP contribution in [-0.4, -0.2) is 0 Å². The Balaban J connectivity index is 2.38. The first-order chi connectivity index (χ1) is 2.30. The van der Waals surface area contributed by atoms with E-state index in [4.69, 9.17) is 0 Å². The van der Waals surface area contributed by atoms with Crippen molar-refractivity contribution in [1.82, 2.24) is 0 Å². The average Bonchev–Trinajstić information content (AvgIpc) is 1.79. The fourth-order valence-electron chi connectivity index (χ4n) is 0.346. The van der Waals surface area contributed by atoms with Crippen molar-refractivity contribution in [2.45, 2.75) is 13.8 Å². The molecule has 0 aromatic heterocycles. The van der Waals surface area contributed by atoms with Crippen LogP contribution in [0.25, 0.3) is 0 Å². The lowest BCUT2D eigenvalue weighted by Gasteiger charge is -1.69. The quantitative estimate of drug-likeness (QED) is 0.378. The van der Waals surface area contributed by atoms with E-state index in [2.05, 4.69) is 19.9 Å². The van der Waals surface area contributed by atoms with Gasteiger partial charge >= 0.3 is 0 Å². The third-order valence-electron chi connectivity index (χ3n) is 1.12. The lowest BCUT2D eigenvalue weighted by molar-refractivity contribution is 1.03. The number of rotatable bonds is 0. The predicted molar refractivity (Wildman–Crippen MR) is 22.9 cm³/mol. The Morgan fingerprint density at radius 3 is 2.00 bits per heavy atom. The van der Waals surface area contributed by atoms with Crippen molar-refractivity contribution in [3.05, 3.63) is 11.6 Å². The zero-order valence-corrected chi connectivity index (χ0v) is 3.65. The third-order valence-corrected chi connectivity index (χ3v) is 1.12. The Bertz CT molecular complexity index is 70.1. The second-order valence-electron chi connectivity index (χ2n) is 1.70. The highest BCUT2D eigenvalue weighted by molar-refractivity contribution is 5.24. The van der Waals surface area contributed by atoms with Crippen molar-refractivity contribution in [1.29, 1.82) is 0 Å². The van der Waals surface area contributed by atoms with Crippen molar-refractivity contribution in [3.63, 3.8) is 0 Å². The van der Waals surface area contributed by atoms with Gasteiger partial charge in [0, 0.05) is 0 Å². The molecule has 0 aromatic carbocycles. The Kier molecular flexibility index (Phi) is 0.365. The molecule has 1 aliphatic rings. The summed E-state index contributed by atoms with van der Waals surface area (Å²) in [5, 5.41) is 0. The van der Waals surface area contributed by atoms with Crippen LogP contribution in [0.5, 0.6) is 0 Å². The minimum atomic E-state index is 0.843. The highest BCUT2D eigenvalue weighted by Crippen LogP contribution is 2.25. The lowest BCUT2D eigenvalue weighted by atomic mass is 10.4. The first-order valence-corrected chi connectivity index (χ1v) is 1.99. The van der Waals surface area contributed by atoms with Gasteiger partial charge in [0.25, 0.3) is 0 Å². The molecule has 0 heterocycles. The van der Waals surface area contributed by atoms with E-state index >= 15 is 0 Å². The highest BCUT2D eigenvalue weighted by Gasteiger charge is 2.10. The Labute approximate surface area is 32.5 Å². The highest BCUT2D eigenvalue weighted by atomic mass is 14.2. The molecule has 0 radical (unpaired) electrons. The summed E-state index contributed by atoms with van der Waals surface area (Å²) >= 11 is 0. The maximum atomic E-state index is 2.25. The van der Waals surface area contributed by atoms with Crippen molar-refractivity contribution >= 4 is 0 Å². The lowest BCUT2D eigenvalue weighted by Crippen LogP contribution is -1.57. The van der Waals surface area contributed by atoms with Gasteiger partial charge in [0.15, 0.2) is 0 Å². The summed E-state index contributed by atoms with van der Waals surface area (Å²) in [4.78, 5) is 0. The van der Waals surface area contributed by atoms with Crippen LogP contribution in [-0.2, 0) is 0 Å². The van der Waals surface area contributed by atoms with Gasteiger partial charge in [0.05, 0.1) is 0 Å². The van der Waals surface area contributed by atoms with Crippen LogP contribution in [0.1, 0.15) is 13.8 Å². The van der Waals surface area contributed by atoms with Crippen LogP contribution in [0, 0.1) is 5.92 Å². The normalized spacial score (nSPS) is 33.2. The van der Waals surface area contributed by atoms with Crippen molar-refractivity contribution in [2.24, 2.45) is 5.92 Å². The molecule has 5 heavy (non-hydrogen) atoms. The molecule has 0 unspecified atom stereocenters. The zero-order valence-electron chi connectivity index (χ0n) is 3.65. The second kappa shape index (κ2) is 0.618. The van der Waals surface area contributed by atoms with Crippen LogP contribution in [0.15, 0.2) is 11.6 Å². The van der Waals surface area contributed by atoms with Gasteiger partial charge in [-0.05, 0) is 12.8 Å². The van der Waals surface area contributed by atoms with Crippen molar-refractivity contribution in [2.75, 3.05) is 0 Å². The maximum Gasteiger partial charge on any atom is -0.00514 e. The standard InChI is InChI=1S/C5H8/c1-4-3-5(4)2/h3-4H,1-2H3/t4-/m1/s1. The van der Waals surface area contributed by atoms with E-state index in [0.29, 0.717) is 0 Å². The summed E-state index contributed by atoms with van der Waals surface area (Å²) in [6, 6.07) is 0. The van der Waals surface area contributed by atoms with E-state index in [-0.39, 0.29) is 0 Å². The van der Waals surface area contributed by atoms with Gasteiger partial charge in [-0.1, -0.05) is 18.6 Å². The molecular formula is C5H8. The molecule has 1 aliphatic carbocycles. The molecule has 0 bridgehead atoms. The maximum absolute atomic E-state index is 2.25. The topological polar surface area (TPSA) is 0 Å². The van der Waals surface area contributed by atoms with Gasteiger partial charge in [-0.3, -0.25) is 0 Å². The molecule has 1 rings (SSSR count). The number of allylic oxidation sites excluding steroid dienone is 2. The van der Waals surface area contributed by atoms with Gasteiger partial charge in [-0.15, -0.1) is 0 Å². The van der Waals surface area contributed by atoms with E-state index in [1.165, 1.54) is 0 Å². The molecule has 0 aliphatic heterocycles. The molecule has 0 nitrogen and oxygen atoms in total. The summed E-state index contributed by atoms with van der Waals surface area (Å²) in [5.41, 5.74) is 1.55. The molecule has 0 spiro atoms. The van der Waals surface area contributed by atoms with Gasteiger partial charge in [0.2, 0.25) is 0 Å². The van der Waals surface area contributed by atoms with Crippen LogP contribution in [0.3, 0.4) is 0 Å². The van der Waals surface area contributed by atoms with Crippen LogP contribution < -0.4 is 0 Å². The third kappa shape index (κ3) is 0.344. The van der Waals surface area contributed by atoms with Gasteiger partial charge in [0.1, 0.15) is 0 Å². The average molecular weight is 68.1 g/mol. The van der Waals surface area contributed by atoms with Crippen LogP contribution in [0.2, 0.25) is 0 Å². The largest absolute Gasteiger partial charge is 0.0781 e.